The first kappa shape index (κ1) is 16.2. The van der Waals surface area contributed by atoms with Gasteiger partial charge in [-0.15, -0.1) is 0 Å². The highest BCUT2D eigenvalue weighted by atomic mass is 16.5. The number of rotatable bonds is 7. The number of nitrogens with one attached hydrogen (secondary N) is 1. The third-order valence-electron chi connectivity index (χ3n) is 3.01. The monoisotopic (exact) mass is 278 g/mol. The lowest BCUT2D eigenvalue weighted by molar-refractivity contribution is -0.143. The van der Waals surface area contributed by atoms with Gasteiger partial charge in [-0.25, -0.2) is 0 Å². The zero-order valence-electron chi connectivity index (χ0n) is 12.5. The molecule has 0 bridgehead atoms. The Labute approximate surface area is 119 Å². The SMILES string of the molecule is CCOC(=O)CC(NC)C(=O)c1ccc(N(C)C)cc1. The molecule has 1 aromatic rings. The summed E-state index contributed by atoms with van der Waals surface area (Å²) in [5.74, 6) is -0.476. The molecular weight excluding hydrogens is 256 g/mol. The molecule has 20 heavy (non-hydrogen) atoms. The molecule has 1 unspecified atom stereocenters. The van der Waals surface area contributed by atoms with Crippen molar-refractivity contribution in [3.8, 4) is 0 Å². The van der Waals surface area contributed by atoms with Gasteiger partial charge in [0, 0.05) is 25.3 Å². The fourth-order valence-electron chi connectivity index (χ4n) is 1.84. The number of carbonyl (C=O) groups excluding carboxylic acids is 2. The standard InChI is InChI=1S/C15H22N2O3/c1-5-20-14(18)10-13(16-2)15(19)11-6-8-12(9-7-11)17(3)4/h6-9,13,16H,5,10H2,1-4H3. The van der Waals surface area contributed by atoms with Crippen molar-refractivity contribution in [1.82, 2.24) is 5.32 Å². The maximum atomic E-state index is 12.3. The third kappa shape index (κ3) is 4.35. The van der Waals surface area contributed by atoms with Gasteiger partial charge in [0.15, 0.2) is 5.78 Å². The van der Waals surface area contributed by atoms with Crippen LogP contribution in [0.25, 0.3) is 0 Å². The number of carbonyl (C=O) groups is 2. The number of esters is 1. The average Bonchev–Trinajstić information content (AvgIpc) is 2.44. The van der Waals surface area contributed by atoms with Crippen LogP contribution < -0.4 is 10.2 Å². The van der Waals surface area contributed by atoms with Crippen molar-refractivity contribution in [2.24, 2.45) is 0 Å². The Bertz CT molecular complexity index is 455. The van der Waals surface area contributed by atoms with Crippen molar-refractivity contribution >= 4 is 17.4 Å². The summed E-state index contributed by atoms with van der Waals surface area (Å²) in [5, 5.41) is 2.87. The van der Waals surface area contributed by atoms with Gasteiger partial charge >= 0.3 is 5.97 Å². The molecule has 0 saturated heterocycles. The number of Topliss-reactive ketones (excluding diaryl/α,β-unsaturated/α-hetero) is 1. The molecule has 0 aliphatic heterocycles. The van der Waals surface area contributed by atoms with Gasteiger partial charge in [0.25, 0.3) is 0 Å². The molecular formula is C15H22N2O3. The molecule has 1 aromatic carbocycles. The number of ketones is 1. The zero-order valence-corrected chi connectivity index (χ0v) is 12.5. The number of nitrogens with zero attached hydrogens (tertiary/aromatic N) is 1. The lowest BCUT2D eigenvalue weighted by Gasteiger charge is -2.16. The molecule has 0 fully saturated rings. The molecule has 0 aliphatic carbocycles. The van der Waals surface area contributed by atoms with Crippen LogP contribution in [0.2, 0.25) is 0 Å². The van der Waals surface area contributed by atoms with E-state index in [1.807, 2.05) is 31.1 Å². The predicted molar refractivity (Wildman–Crippen MR) is 79.2 cm³/mol. The Kier molecular flexibility index (Phi) is 6.18. The van der Waals surface area contributed by atoms with Gasteiger partial charge in [0.2, 0.25) is 0 Å². The quantitative estimate of drug-likeness (QED) is 0.604. The second-order valence-electron chi connectivity index (χ2n) is 4.66. The Balaban J connectivity index is 2.77. The van der Waals surface area contributed by atoms with Gasteiger partial charge in [-0.2, -0.15) is 0 Å². The number of benzene rings is 1. The van der Waals surface area contributed by atoms with Crippen LogP contribution in [0.1, 0.15) is 23.7 Å². The summed E-state index contributed by atoms with van der Waals surface area (Å²) >= 11 is 0. The van der Waals surface area contributed by atoms with E-state index in [-0.39, 0.29) is 18.2 Å². The van der Waals surface area contributed by atoms with Gasteiger partial charge in [0.1, 0.15) is 0 Å². The lowest BCUT2D eigenvalue weighted by atomic mass is 10.0. The van der Waals surface area contributed by atoms with Crippen LogP contribution in [0.3, 0.4) is 0 Å². The minimum Gasteiger partial charge on any atom is -0.466 e. The number of hydrogen-bond donors (Lipinski definition) is 1. The Morgan fingerprint density at radius 3 is 2.30 bits per heavy atom. The topological polar surface area (TPSA) is 58.6 Å². The number of anilines is 1. The van der Waals surface area contributed by atoms with E-state index in [1.165, 1.54) is 0 Å². The van der Waals surface area contributed by atoms with Crippen molar-refractivity contribution in [2.45, 2.75) is 19.4 Å². The molecule has 1 rings (SSSR count). The summed E-state index contributed by atoms with van der Waals surface area (Å²) in [4.78, 5) is 25.7. The molecule has 0 saturated carbocycles. The lowest BCUT2D eigenvalue weighted by Crippen LogP contribution is -2.36. The van der Waals surface area contributed by atoms with E-state index < -0.39 is 6.04 Å². The highest BCUT2D eigenvalue weighted by molar-refractivity contribution is 6.02. The molecule has 0 aliphatic rings. The smallest absolute Gasteiger partial charge is 0.307 e. The molecule has 0 aromatic heterocycles. The van der Waals surface area contributed by atoms with Gasteiger partial charge in [0.05, 0.1) is 19.1 Å². The minimum absolute atomic E-state index is 0.0403. The number of ether oxygens (including phenoxy) is 1. The zero-order chi connectivity index (χ0) is 15.1. The van der Waals surface area contributed by atoms with Crippen molar-refractivity contribution in [2.75, 3.05) is 32.6 Å². The molecule has 1 N–H and O–H groups in total. The van der Waals surface area contributed by atoms with Crippen molar-refractivity contribution in [1.29, 1.82) is 0 Å². The van der Waals surface area contributed by atoms with Crippen LogP contribution in [0.15, 0.2) is 24.3 Å². The first-order valence-corrected chi connectivity index (χ1v) is 6.64. The van der Waals surface area contributed by atoms with Crippen LogP contribution in [-0.4, -0.2) is 45.5 Å². The van der Waals surface area contributed by atoms with Crippen LogP contribution in [0.4, 0.5) is 5.69 Å². The normalized spacial score (nSPS) is 11.8. The third-order valence-corrected chi connectivity index (χ3v) is 3.01. The molecule has 110 valence electrons. The summed E-state index contributed by atoms with van der Waals surface area (Å²) in [5.41, 5.74) is 1.60. The van der Waals surface area contributed by atoms with E-state index in [0.717, 1.165) is 5.69 Å². The summed E-state index contributed by atoms with van der Waals surface area (Å²) in [7, 11) is 5.54. The average molecular weight is 278 g/mol. The van der Waals surface area contributed by atoms with Gasteiger partial charge in [-0.05, 0) is 38.2 Å². The van der Waals surface area contributed by atoms with Crippen LogP contribution in [0, 0.1) is 0 Å². The fraction of sp³-hybridized carbons (Fsp3) is 0.467. The largest absolute Gasteiger partial charge is 0.466 e. The fourth-order valence-corrected chi connectivity index (χ4v) is 1.84. The van der Waals surface area contributed by atoms with Crippen LogP contribution in [-0.2, 0) is 9.53 Å². The first-order valence-electron chi connectivity index (χ1n) is 6.64. The van der Waals surface area contributed by atoms with Gasteiger partial charge < -0.3 is 15.0 Å². The summed E-state index contributed by atoms with van der Waals surface area (Å²) in [6.07, 6.45) is 0.0403. The summed E-state index contributed by atoms with van der Waals surface area (Å²) in [6, 6.07) is 6.74. The maximum absolute atomic E-state index is 12.3. The summed E-state index contributed by atoms with van der Waals surface area (Å²) in [6.45, 7) is 2.06. The van der Waals surface area contributed by atoms with Crippen molar-refractivity contribution < 1.29 is 14.3 Å². The van der Waals surface area contributed by atoms with Gasteiger partial charge in [-0.1, -0.05) is 0 Å². The molecule has 0 amide bonds. The maximum Gasteiger partial charge on any atom is 0.307 e. The van der Waals surface area contributed by atoms with Gasteiger partial charge in [-0.3, -0.25) is 9.59 Å². The van der Waals surface area contributed by atoms with E-state index >= 15 is 0 Å². The Morgan fingerprint density at radius 2 is 1.85 bits per heavy atom. The van der Waals surface area contributed by atoms with E-state index in [1.54, 1.807) is 26.1 Å². The van der Waals surface area contributed by atoms with Crippen molar-refractivity contribution in [3.63, 3.8) is 0 Å². The highest BCUT2D eigenvalue weighted by Crippen LogP contribution is 2.14. The van der Waals surface area contributed by atoms with E-state index in [4.69, 9.17) is 4.74 Å². The second kappa shape index (κ2) is 7.65. The van der Waals surface area contributed by atoms with E-state index in [2.05, 4.69) is 5.32 Å². The second-order valence-corrected chi connectivity index (χ2v) is 4.66. The molecule has 0 spiro atoms. The van der Waals surface area contributed by atoms with Crippen molar-refractivity contribution in [3.05, 3.63) is 29.8 Å². The minimum atomic E-state index is -0.556. The molecule has 1 atom stereocenters. The Morgan fingerprint density at radius 1 is 1.25 bits per heavy atom. The van der Waals surface area contributed by atoms with Crippen LogP contribution >= 0.6 is 0 Å². The van der Waals surface area contributed by atoms with E-state index in [9.17, 15) is 9.59 Å². The van der Waals surface area contributed by atoms with Crippen LogP contribution in [0.5, 0.6) is 0 Å². The highest BCUT2D eigenvalue weighted by Gasteiger charge is 2.22. The Hall–Kier alpha value is -1.88. The number of hydrogen-bond acceptors (Lipinski definition) is 5. The predicted octanol–water partition coefficient (Wildman–Crippen LogP) is 1.48. The molecule has 0 radical (unpaired) electrons. The number of likely N-dealkylation sites (N-methyl/N-ethyl adjacent to an activating group) is 1. The molecule has 0 heterocycles. The summed E-state index contributed by atoms with van der Waals surface area (Å²) < 4.78 is 4.87. The molecule has 5 nitrogen and oxygen atoms in total. The molecule has 5 heteroatoms. The first-order chi connectivity index (χ1) is 9.49. The van der Waals surface area contributed by atoms with E-state index in [0.29, 0.717) is 12.2 Å².